The van der Waals surface area contributed by atoms with Crippen LogP contribution < -0.4 is 5.32 Å². The Morgan fingerprint density at radius 2 is 1.64 bits per heavy atom. The molecule has 1 N–H and O–H groups in total. The highest BCUT2D eigenvalue weighted by molar-refractivity contribution is 6.06. The minimum Gasteiger partial charge on any atom is -0.334 e. The maximum Gasteiger partial charge on any atom is 0.260 e. The number of amides is 1. The molecule has 28 heavy (non-hydrogen) atoms. The number of rotatable bonds is 5. The third-order valence-corrected chi connectivity index (χ3v) is 4.47. The number of aromatic nitrogens is 2. The van der Waals surface area contributed by atoms with E-state index in [-0.39, 0.29) is 5.91 Å². The molecule has 0 spiro atoms. The standard InChI is InChI=1S/C23H19N3O2/c1-16-9-5-6-12-18(16)22(27)24-20-14-8-7-13-19(20)23-25-21(26-28-23)15-17-10-3-2-4-11-17/h2-14H,15H2,1H3,(H,24,27). The first-order valence-electron chi connectivity index (χ1n) is 9.03. The molecule has 5 heteroatoms. The number of benzene rings is 3. The lowest BCUT2D eigenvalue weighted by molar-refractivity contribution is 0.102. The van der Waals surface area contributed by atoms with Gasteiger partial charge in [0.15, 0.2) is 5.82 Å². The van der Waals surface area contributed by atoms with Crippen molar-refractivity contribution in [2.75, 3.05) is 5.32 Å². The van der Waals surface area contributed by atoms with E-state index in [2.05, 4.69) is 15.5 Å². The quantitative estimate of drug-likeness (QED) is 0.544. The third-order valence-electron chi connectivity index (χ3n) is 4.47. The van der Waals surface area contributed by atoms with Crippen molar-refractivity contribution < 1.29 is 9.32 Å². The Bertz CT molecular complexity index is 1100. The molecule has 0 bridgehead atoms. The summed E-state index contributed by atoms with van der Waals surface area (Å²) < 4.78 is 5.46. The molecule has 0 radical (unpaired) electrons. The van der Waals surface area contributed by atoms with Crippen LogP contribution in [-0.4, -0.2) is 16.0 Å². The Morgan fingerprint density at radius 1 is 0.929 bits per heavy atom. The molecule has 0 fully saturated rings. The van der Waals surface area contributed by atoms with E-state index < -0.39 is 0 Å². The molecule has 4 aromatic rings. The zero-order valence-corrected chi connectivity index (χ0v) is 15.4. The molecule has 5 nitrogen and oxygen atoms in total. The van der Waals surface area contributed by atoms with Crippen molar-refractivity contribution in [1.29, 1.82) is 0 Å². The zero-order chi connectivity index (χ0) is 19.3. The number of nitrogens with one attached hydrogen (secondary N) is 1. The second-order valence-electron chi connectivity index (χ2n) is 6.49. The van der Waals surface area contributed by atoms with Crippen LogP contribution >= 0.6 is 0 Å². The maximum atomic E-state index is 12.7. The Kier molecular flexibility index (Phi) is 4.97. The predicted molar refractivity (Wildman–Crippen MR) is 108 cm³/mol. The summed E-state index contributed by atoms with van der Waals surface area (Å²) >= 11 is 0. The lowest BCUT2D eigenvalue weighted by Crippen LogP contribution is -2.13. The largest absolute Gasteiger partial charge is 0.334 e. The van der Waals surface area contributed by atoms with E-state index in [0.717, 1.165) is 11.1 Å². The molecule has 0 saturated carbocycles. The Morgan fingerprint density at radius 3 is 2.46 bits per heavy atom. The number of carbonyl (C=O) groups is 1. The summed E-state index contributed by atoms with van der Waals surface area (Å²) in [5.74, 6) is 0.808. The second kappa shape index (κ2) is 7.88. The molecule has 1 aromatic heterocycles. The van der Waals surface area contributed by atoms with Crippen LogP contribution in [0.2, 0.25) is 0 Å². The van der Waals surface area contributed by atoms with Crippen molar-refractivity contribution in [3.8, 4) is 11.5 Å². The number of hydrogen-bond donors (Lipinski definition) is 1. The van der Waals surface area contributed by atoms with Crippen LogP contribution in [-0.2, 0) is 6.42 Å². The van der Waals surface area contributed by atoms with Gasteiger partial charge in [0.1, 0.15) is 0 Å². The van der Waals surface area contributed by atoms with Gasteiger partial charge in [-0.2, -0.15) is 4.98 Å². The fraction of sp³-hybridized carbons (Fsp3) is 0.0870. The first-order chi connectivity index (χ1) is 13.7. The van der Waals surface area contributed by atoms with Gasteiger partial charge in [0.25, 0.3) is 11.8 Å². The smallest absolute Gasteiger partial charge is 0.260 e. The highest BCUT2D eigenvalue weighted by Gasteiger charge is 2.16. The summed E-state index contributed by atoms with van der Waals surface area (Å²) in [6.07, 6.45) is 0.585. The third kappa shape index (κ3) is 3.83. The maximum absolute atomic E-state index is 12.7. The van der Waals surface area contributed by atoms with Crippen molar-refractivity contribution >= 4 is 11.6 Å². The van der Waals surface area contributed by atoms with E-state index in [9.17, 15) is 4.79 Å². The van der Waals surface area contributed by atoms with Crippen molar-refractivity contribution in [2.45, 2.75) is 13.3 Å². The number of aryl methyl sites for hydroxylation is 1. The molecule has 1 amide bonds. The summed E-state index contributed by atoms with van der Waals surface area (Å²) in [6, 6.07) is 24.9. The molecule has 4 rings (SSSR count). The first-order valence-corrected chi connectivity index (χ1v) is 9.03. The normalized spacial score (nSPS) is 10.6. The minimum atomic E-state index is -0.172. The van der Waals surface area contributed by atoms with Gasteiger partial charge in [-0.1, -0.05) is 65.8 Å². The highest BCUT2D eigenvalue weighted by atomic mass is 16.5. The second-order valence-corrected chi connectivity index (χ2v) is 6.49. The minimum absolute atomic E-state index is 0.172. The van der Waals surface area contributed by atoms with Crippen LogP contribution in [0.1, 0.15) is 27.3 Å². The first kappa shape index (κ1) is 17.7. The van der Waals surface area contributed by atoms with Crippen molar-refractivity contribution in [3.63, 3.8) is 0 Å². The summed E-state index contributed by atoms with van der Waals surface area (Å²) in [4.78, 5) is 17.2. The number of nitrogens with zero attached hydrogens (tertiary/aromatic N) is 2. The van der Waals surface area contributed by atoms with E-state index in [0.29, 0.717) is 35.0 Å². The molecule has 138 valence electrons. The van der Waals surface area contributed by atoms with Gasteiger partial charge in [0.05, 0.1) is 11.3 Å². The molecular weight excluding hydrogens is 350 g/mol. The van der Waals surface area contributed by atoms with E-state index >= 15 is 0 Å². The van der Waals surface area contributed by atoms with E-state index in [1.54, 1.807) is 6.07 Å². The molecule has 1 heterocycles. The van der Waals surface area contributed by atoms with Gasteiger partial charge in [0, 0.05) is 12.0 Å². The van der Waals surface area contributed by atoms with Crippen LogP contribution in [0.25, 0.3) is 11.5 Å². The number of hydrogen-bond acceptors (Lipinski definition) is 4. The van der Waals surface area contributed by atoms with Gasteiger partial charge >= 0.3 is 0 Å². The van der Waals surface area contributed by atoms with Crippen molar-refractivity contribution in [2.24, 2.45) is 0 Å². The molecule has 3 aromatic carbocycles. The van der Waals surface area contributed by atoms with E-state index in [4.69, 9.17) is 4.52 Å². The van der Waals surface area contributed by atoms with Crippen molar-refractivity contribution in [1.82, 2.24) is 10.1 Å². The Balaban J connectivity index is 1.58. The highest BCUT2D eigenvalue weighted by Crippen LogP contribution is 2.27. The number of anilines is 1. The lowest BCUT2D eigenvalue weighted by Gasteiger charge is -2.10. The SMILES string of the molecule is Cc1ccccc1C(=O)Nc1ccccc1-c1nc(Cc2ccccc2)no1. The summed E-state index contributed by atoms with van der Waals surface area (Å²) in [6.45, 7) is 1.91. The van der Waals surface area contributed by atoms with Crippen LogP contribution in [0.5, 0.6) is 0 Å². The average Bonchev–Trinajstić information content (AvgIpc) is 3.17. The van der Waals surface area contributed by atoms with Crippen LogP contribution in [0.4, 0.5) is 5.69 Å². The summed E-state index contributed by atoms with van der Waals surface area (Å²) in [5.41, 5.74) is 3.98. The van der Waals surface area contributed by atoms with Gasteiger partial charge in [-0.3, -0.25) is 4.79 Å². The van der Waals surface area contributed by atoms with Gasteiger partial charge in [-0.25, -0.2) is 0 Å². The van der Waals surface area contributed by atoms with Gasteiger partial charge in [-0.15, -0.1) is 0 Å². The Hall–Kier alpha value is -3.73. The number of carbonyl (C=O) groups excluding carboxylic acids is 1. The van der Waals surface area contributed by atoms with Gasteiger partial charge in [0.2, 0.25) is 0 Å². The van der Waals surface area contributed by atoms with Crippen molar-refractivity contribution in [3.05, 3.63) is 101 Å². The molecule has 0 atom stereocenters. The van der Waals surface area contributed by atoms with E-state index in [1.165, 1.54) is 0 Å². The topological polar surface area (TPSA) is 68.0 Å². The fourth-order valence-corrected chi connectivity index (χ4v) is 3.01. The van der Waals surface area contributed by atoms with Gasteiger partial charge in [-0.05, 0) is 36.2 Å². The lowest BCUT2D eigenvalue weighted by atomic mass is 10.1. The van der Waals surface area contributed by atoms with Crippen LogP contribution in [0.3, 0.4) is 0 Å². The zero-order valence-electron chi connectivity index (χ0n) is 15.4. The Labute approximate surface area is 163 Å². The fourth-order valence-electron chi connectivity index (χ4n) is 3.01. The molecule has 0 aliphatic rings. The summed E-state index contributed by atoms with van der Waals surface area (Å²) in [5, 5.41) is 7.04. The monoisotopic (exact) mass is 369 g/mol. The molecule has 0 unspecified atom stereocenters. The average molecular weight is 369 g/mol. The molecule has 0 saturated heterocycles. The molecule has 0 aliphatic carbocycles. The van der Waals surface area contributed by atoms with Crippen LogP contribution in [0, 0.1) is 6.92 Å². The van der Waals surface area contributed by atoms with Crippen LogP contribution in [0.15, 0.2) is 83.4 Å². The molecular formula is C23H19N3O2. The predicted octanol–water partition coefficient (Wildman–Crippen LogP) is 4.89. The van der Waals surface area contributed by atoms with Gasteiger partial charge < -0.3 is 9.84 Å². The summed E-state index contributed by atoms with van der Waals surface area (Å²) in [7, 11) is 0. The number of para-hydroxylation sites is 1. The molecule has 0 aliphatic heterocycles. The van der Waals surface area contributed by atoms with E-state index in [1.807, 2.05) is 79.7 Å².